The molecule has 0 spiro atoms. The molecule has 0 aliphatic rings. The third-order valence-electron chi connectivity index (χ3n) is 1.73. The summed E-state index contributed by atoms with van der Waals surface area (Å²) >= 11 is 0. The van der Waals surface area contributed by atoms with E-state index >= 15 is 0 Å². The Kier molecular flexibility index (Phi) is 4.53. The Balaban J connectivity index is 2.19. The van der Waals surface area contributed by atoms with Gasteiger partial charge in [-0.1, -0.05) is 0 Å². The molecule has 0 radical (unpaired) electrons. The zero-order chi connectivity index (χ0) is 11.1. The van der Waals surface area contributed by atoms with Gasteiger partial charge in [0, 0.05) is 25.0 Å². The van der Waals surface area contributed by atoms with Crippen molar-refractivity contribution in [2.75, 3.05) is 6.54 Å². The standard InChI is InChI=1S/C10H16N4O/c1-8(2)14-10(15)13-4-3-9-5-11-7-12-6-9/h5-8H,3-4H2,1-2H3,(H2,13,14,15). The normalized spacial score (nSPS) is 10.1. The summed E-state index contributed by atoms with van der Waals surface area (Å²) in [6.45, 7) is 4.43. The van der Waals surface area contributed by atoms with E-state index in [2.05, 4.69) is 20.6 Å². The second kappa shape index (κ2) is 5.95. The summed E-state index contributed by atoms with van der Waals surface area (Å²) in [7, 11) is 0. The maximum Gasteiger partial charge on any atom is 0.314 e. The highest BCUT2D eigenvalue weighted by atomic mass is 16.2. The van der Waals surface area contributed by atoms with E-state index in [9.17, 15) is 4.79 Å². The highest BCUT2D eigenvalue weighted by Gasteiger charge is 2.01. The summed E-state index contributed by atoms with van der Waals surface area (Å²) in [5.74, 6) is 0. The van der Waals surface area contributed by atoms with Gasteiger partial charge in [-0.2, -0.15) is 0 Å². The van der Waals surface area contributed by atoms with Gasteiger partial charge in [-0.05, 0) is 25.8 Å². The fourth-order valence-electron chi connectivity index (χ4n) is 1.09. The molecular weight excluding hydrogens is 192 g/mol. The second-order valence-electron chi connectivity index (χ2n) is 3.55. The summed E-state index contributed by atoms with van der Waals surface area (Å²) in [5, 5.41) is 5.50. The van der Waals surface area contributed by atoms with Crippen LogP contribution >= 0.6 is 0 Å². The molecule has 0 aliphatic heterocycles. The first-order valence-electron chi connectivity index (χ1n) is 4.96. The summed E-state index contributed by atoms with van der Waals surface area (Å²) in [4.78, 5) is 19.0. The van der Waals surface area contributed by atoms with E-state index in [0.29, 0.717) is 6.54 Å². The number of nitrogens with zero attached hydrogens (tertiary/aromatic N) is 2. The number of hydrogen-bond donors (Lipinski definition) is 2. The van der Waals surface area contributed by atoms with Crippen molar-refractivity contribution in [1.29, 1.82) is 0 Å². The quantitative estimate of drug-likeness (QED) is 0.766. The molecule has 5 nitrogen and oxygen atoms in total. The fraction of sp³-hybridized carbons (Fsp3) is 0.500. The van der Waals surface area contributed by atoms with Gasteiger partial charge in [-0.25, -0.2) is 14.8 Å². The summed E-state index contributed by atoms with van der Waals surface area (Å²) in [5.41, 5.74) is 1.02. The molecule has 2 N–H and O–H groups in total. The van der Waals surface area contributed by atoms with Crippen LogP contribution in [-0.2, 0) is 6.42 Å². The van der Waals surface area contributed by atoms with E-state index in [1.165, 1.54) is 6.33 Å². The highest BCUT2D eigenvalue weighted by Crippen LogP contribution is 1.92. The number of urea groups is 1. The Morgan fingerprint density at radius 1 is 1.40 bits per heavy atom. The number of amides is 2. The molecule has 1 rings (SSSR count). The molecule has 5 heteroatoms. The molecule has 0 bridgehead atoms. The Labute approximate surface area is 89.3 Å². The summed E-state index contributed by atoms with van der Waals surface area (Å²) in [6.07, 6.45) is 5.72. The number of carbonyl (C=O) groups excluding carboxylic acids is 1. The molecule has 2 amide bonds. The molecular formula is C10H16N4O. The van der Waals surface area contributed by atoms with E-state index in [1.807, 2.05) is 13.8 Å². The molecule has 1 aromatic heterocycles. The lowest BCUT2D eigenvalue weighted by Crippen LogP contribution is -2.40. The van der Waals surface area contributed by atoms with Crippen molar-refractivity contribution in [1.82, 2.24) is 20.6 Å². The fourth-order valence-corrected chi connectivity index (χ4v) is 1.09. The van der Waals surface area contributed by atoms with Gasteiger partial charge in [-0.15, -0.1) is 0 Å². The van der Waals surface area contributed by atoms with Gasteiger partial charge in [0.05, 0.1) is 0 Å². The van der Waals surface area contributed by atoms with Crippen LogP contribution in [0.5, 0.6) is 0 Å². The Hall–Kier alpha value is -1.65. The van der Waals surface area contributed by atoms with E-state index in [-0.39, 0.29) is 12.1 Å². The molecule has 1 heterocycles. The average molecular weight is 208 g/mol. The molecule has 15 heavy (non-hydrogen) atoms. The molecule has 0 fully saturated rings. The zero-order valence-electron chi connectivity index (χ0n) is 9.03. The third-order valence-corrected chi connectivity index (χ3v) is 1.73. The zero-order valence-corrected chi connectivity index (χ0v) is 9.03. The number of nitrogens with one attached hydrogen (secondary N) is 2. The van der Waals surface area contributed by atoms with Crippen molar-refractivity contribution in [2.45, 2.75) is 26.3 Å². The van der Waals surface area contributed by atoms with Crippen molar-refractivity contribution in [2.24, 2.45) is 0 Å². The summed E-state index contributed by atoms with van der Waals surface area (Å²) < 4.78 is 0. The molecule has 0 saturated carbocycles. The predicted octanol–water partition coefficient (Wildman–Crippen LogP) is 0.727. The molecule has 0 saturated heterocycles. The minimum atomic E-state index is -0.137. The minimum Gasteiger partial charge on any atom is -0.338 e. The lowest BCUT2D eigenvalue weighted by atomic mass is 10.2. The van der Waals surface area contributed by atoms with Gasteiger partial charge in [0.2, 0.25) is 0 Å². The molecule has 0 atom stereocenters. The van der Waals surface area contributed by atoms with Gasteiger partial charge in [-0.3, -0.25) is 0 Å². The molecule has 0 unspecified atom stereocenters. The van der Waals surface area contributed by atoms with Crippen molar-refractivity contribution < 1.29 is 4.79 Å². The lowest BCUT2D eigenvalue weighted by Gasteiger charge is -2.09. The van der Waals surface area contributed by atoms with Crippen LogP contribution in [0.15, 0.2) is 18.7 Å². The Bertz CT molecular complexity index is 300. The molecule has 0 aromatic carbocycles. The number of rotatable bonds is 4. The van der Waals surface area contributed by atoms with E-state index in [1.54, 1.807) is 12.4 Å². The maximum absolute atomic E-state index is 11.2. The van der Waals surface area contributed by atoms with Gasteiger partial charge in [0.1, 0.15) is 6.33 Å². The number of hydrogen-bond acceptors (Lipinski definition) is 3. The minimum absolute atomic E-state index is 0.137. The van der Waals surface area contributed by atoms with Crippen LogP contribution in [0.4, 0.5) is 4.79 Å². The van der Waals surface area contributed by atoms with E-state index in [0.717, 1.165) is 12.0 Å². The van der Waals surface area contributed by atoms with Gasteiger partial charge >= 0.3 is 6.03 Å². The smallest absolute Gasteiger partial charge is 0.314 e. The largest absolute Gasteiger partial charge is 0.338 e. The number of carbonyl (C=O) groups is 1. The van der Waals surface area contributed by atoms with Gasteiger partial charge < -0.3 is 10.6 Å². The first kappa shape index (κ1) is 11.4. The molecule has 82 valence electrons. The highest BCUT2D eigenvalue weighted by molar-refractivity contribution is 5.74. The van der Waals surface area contributed by atoms with Crippen LogP contribution in [0.25, 0.3) is 0 Å². The van der Waals surface area contributed by atoms with Crippen LogP contribution in [0.1, 0.15) is 19.4 Å². The van der Waals surface area contributed by atoms with Crippen LogP contribution in [0.2, 0.25) is 0 Å². The lowest BCUT2D eigenvalue weighted by molar-refractivity contribution is 0.238. The van der Waals surface area contributed by atoms with E-state index in [4.69, 9.17) is 0 Å². The Morgan fingerprint density at radius 3 is 2.67 bits per heavy atom. The van der Waals surface area contributed by atoms with Crippen LogP contribution in [0.3, 0.4) is 0 Å². The first-order valence-corrected chi connectivity index (χ1v) is 4.96. The van der Waals surface area contributed by atoms with Crippen molar-refractivity contribution in [3.63, 3.8) is 0 Å². The van der Waals surface area contributed by atoms with Crippen molar-refractivity contribution >= 4 is 6.03 Å². The van der Waals surface area contributed by atoms with Crippen LogP contribution in [-0.4, -0.2) is 28.6 Å². The number of aromatic nitrogens is 2. The molecule has 0 aliphatic carbocycles. The van der Waals surface area contributed by atoms with Crippen molar-refractivity contribution in [3.05, 3.63) is 24.3 Å². The van der Waals surface area contributed by atoms with Crippen LogP contribution < -0.4 is 10.6 Å². The van der Waals surface area contributed by atoms with E-state index < -0.39 is 0 Å². The van der Waals surface area contributed by atoms with Crippen molar-refractivity contribution in [3.8, 4) is 0 Å². The monoisotopic (exact) mass is 208 g/mol. The first-order chi connectivity index (χ1) is 7.18. The Morgan fingerprint density at radius 2 is 2.07 bits per heavy atom. The average Bonchev–Trinajstić information content (AvgIpc) is 2.18. The van der Waals surface area contributed by atoms with Crippen LogP contribution in [0, 0.1) is 0 Å². The topological polar surface area (TPSA) is 66.9 Å². The second-order valence-corrected chi connectivity index (χ2v) is 3.55. The third kappa shape index (κ3) is 4.95. The maximum atomic E-state index is 11.2. The molecule has 1 aromatic rings. The van der Waals surface area contributed by atoms with Gasteiger partial charge in [0.25, 0.3) is 0 Å². The summed E-state index contributed by atoms with van der Waals surface area (Å²) in [6, 6.07) is 0.0203. The van der Waals surface area contributed by atoms with Gasteiger partial charge in [0.15, 0.2) is 0 Å². The predicted molar refractivity (Wildman–Crippen MR) is 57.4 cm³/mol. The SMILES string of the molecule is CC(C)NC(=O)NCCc1cncnc1.